The number of hydrogen-bond acceptors (Lipinski definition) is 2. The van der Waals surface area contributed by atoms with Gasteiger partial charge in [0.2, 0.25) is 0 Å². The summed E-state index contributed by atoms with van der Waals surface area (Å²) >= 11 is 0. The van der Waals surface area contributed by atoms with Crippen LogP contribution in [0.5, 0.6) is 17.2 Å². The summed E-state index contributed by atoms with van der Waals surface area (Å²) in [5.41, 5.74) is 3.86. The Balaban J connectivity index is 1.04. The molecule has 0 N–H and O–H groups in total. The minimum Gasteiger partial charge on any atom is -0.462 e. The first-order chi connectivity index (χ1) is 25.7. The maximum Gasteiger partial charge on any atom is 0.127 e. The maximum atomic E-state index is 6.36. The lowest BCUT2D eigenvalue weighted by Crippen LogP contribution is -2.55. The average molecular weight is 711 g/mol. The largest absolute Gasteiger partial charge is 0.462 e. The van der Waals surface area contributed by atoms with E-state index in [-0.39, 0.29) is 5.41 Å². The molecule has 8 rings (SSSR count). The normalized spacial score (nSPS) is 34.1. The summed E-state index contributed by atoms with van der Waals surface area (Å²) in [5.74, 6) is 9.91. The molecule has 282 valence electrons. The van der Waals surface area contributed by atoms with Gasteiger partial charge in [-0.25, -0.2) is 0 Å². The van der Waals surface area contributed by atoms with Gasteiger partial charge in [-0.05, 0) is 170 Å². The van der Waals surface area contributed by atoms with Crippen LogP contribution in [0, 0.1) is 52.3 Å². The summed E-state index contributed by atoms with van der Waals surface area (Å²) in [7, 11) is 0. The van der Waals surface area contributed by atoms with Crippen LogP contribution in [0.3, 0.4) is 0 Å². The van der Waals surface area contributed by atoms with Gasteiger partial charge in [0.05, 0.1) is 0 Å². The molecule has 0 heterocycles. The Hall–Kier alpha value is -3.26. The van der Waals surface area contributed by atoms with E-state index in [4.69, 9.17) is 9.47 Å². The summed E-state index contributed by atoms with van der Waals surface area (Å²) < 4.78 is 12.6. The first-order valence-electron chi connectivity index (χ1n) is 21.7. The van der Waals surface area contributed by atoms with Crippen molar-refractivity contribution in [3.63, 3.8) is 0 Å². The third-order valence-electron chi connectivity index (χ3n) is 16.0. The molecule has 4 saturated carbocycles. The van der Waals surface area contributed by atoms with Gasteiger partial charge in [0.1, 0.15) is 23.0 Å². The second kappa shape index (κ2) is 15.1. The van der Waals surface area contributed by atoms with Gasteiger partial charge < -0.3 is 9.47 Å². The zero-order valence-corrected chi connectivity index (χ0v) is 33.5. The van der Waals surface area contributed by atoms with E-state index in [2.05, 4.69) is 101 Å². The molecule has 2 nitrogen and oxygen atoms in total. The van der Waals surface area contributed by atoms with Crippen molar-refractivity contribution in [2.45, 2.75) is 130 Å². The minimum atomic E-state index is -0.0132. The Bertz CT molecular complexity index is 1730. The number of rotatable bonds is 11. The predicted molar refractivity (Wildman–Crippen MR) is 220 cm³/mol. The quantitative estimate of drug-likeness (QED) is 0.197. The minimum absolute atomic E-state index is 0.0132. The first-order valence-corrected chi connectivity index (χ1v) is 21.7. The number of benzene rings is 3. The van der Waals surface area contributed by atoms with E-state index >= 15 is 0 Å². The Morgan fingerprint density at radius 3 is 2.02 bits per heavy atom. The molecule has 9 atom stereocenters. The summed E-state index contributed by atoms with van der Waals surface area (Å²) in [4.78, 5) is 0. The summed E-state index contributed by atoms with van der Waals surface area (Å²) in [5, 5.41) is 0. The van der Waals surface area contributed by atoms with Crippen molar-refractivity contribution < 1.29 is 9.47 Å². The van der Waals surface area contributed by atoms with Crippen LogP contribution >= 0.6 is 0 Å². The molecule has 4 fully saturated rings. The van der Waals surface area contributed by atoms with Crippen LogP contribution in [-0.2, 0) is 5.41 Å². The first kappa shape index (κ1) is 36.7. The van der Waals surface area contributed by atoms with Crippen LogP contribution in [-0.4, -0.2) is 0 Å². The molecule has 0 aromatic heterocycles. The van der Waals surface area contributed by atoms with Crippen molar-refractivity contribution in [1.29, 1.82) is 0 Å². The summed E-state index contributed by atoms with van der Waals surface area (Å²) in [6.07, 6.45) is 25.2. The maximum absolute atomic E-state index is 6.36. The van der Waals surface area contributed by atoms with Gasteiger partial charge in [0.15, 0.2) is 0 Å². The molecule has 8 unspecified atom stereocenters. The van der Waals surface area contributed by atoms with Crippen LogP contribution in [0.25, 0.3) is 0 Å². The topological polar surface area (TPSA) is 18.5 Å². The van der Waals surface area contributed by atoms with Crippen LogP contribution in [0.15, 0.2) is 103 Å². The van der Waals surface area contributed by atoms with Gasteiger partial charge in [0.25, 0.3) is 0 Å². The Labute approximate surface area is 321 Å². The van der Waals surface area contributed by atoms with Crippen molar-refractivity contribution in [3.05, 3.63) is 114 Å². The molecule has 0 aliphatic heterocycles. The number of para-hydroxylation sites is 1. The molecular formula is C51H66O2. The molecule has 0 saturated heterocycles. The Morgan fingerprint density at radius 2 is 1.34 bits per heavy atom. The van der Waals surface area contributed by atoms with Crippen molar-refractivity contribution >= 4 is 0 Å². The van der Waals surface area contributed by atoms with E-state index < -0.39 is 0 Å². The molecule has 53 heavy (non-hydrogen) atoms. The van der Waals surface area contributed by atoms with Crippen LogP contribution in [0.2, 0.25) is 0 Å². The number of hydrogen-bond donors (Lipinski definition) is 0. The zero-order chi connectivity index (χ0) is 36.6. The van der Waals surface area contributed by atoms with Crippen molar-refractivity contribution in [1.82, 2.24) is 0 Å². The van der Waals surface area contributed by atoms with E-state index in [0.717, 1.165) is 77.3 Å². The van der Waals surface area contributed by atoms with Gasteiger partial charge in [-0.2, -0.15) is 0 Å². The molecule has 3 aromatic rings. The van der Waals surface area contributed by atoms with Gasteiger partial charge >= 0.3 is 0 Å². The highest BCUT2D eigenvalue weighted by molar-refractivity contribution is 5.45. The Morgan fingerprint density at radius 1 is 0.660 bits per heavy atom. The second-order valence-corrected chi connectivity index (χ2v) is 19.1. The smallest absolute Gasteiger partial charge is 0.127 e. The van der Waals surface area contributed by atoms with E-state index in [9.17, 15) is 0 Å². The lowest BCUT2D eigenvalue weighted by Gasteiger charge is -2.63. The molecular weight excluding hydrogens is 645 g/mol. The fraction of sp³-hybridized carbons (Fsp3) is 0.569. The van der Waals surface area contributed by atoms with Crippen LogP contribution < -0.4 is 9.47 Å². The molecule has 5 aliphatic carbocycles. The van der Waals surface area contributed by atoms with Crippen molar-refractivity contribution in [3.8, 4) is 17.2 Å². The van der Waals surface area contributed by atoms with Crippen molar-refractivity contribution in [2.24, 2.45) is 52.3 Å². The molecule has 5 aliphatic rings. The third kappa shape index (κ3) is 7.07. The highest BCUT2D eigenvalue weighted by Gasteiger charge is 2.62. The standard InChI is InChI=1S/C51H66O2/c1-36(2)13-12-14-37(3)46-29-30-47-45-28-23-40-35-51(34-33-49(40,4)48(45)31-32-50(46,47)5,38-19-24-43(25-20-38)52-41-15-8-6-9-16-41)39-21-26-44(27-22-39)53-42-17-10-7-11-18-42/h6-10,15-17,19-22,24-27,36-37,40,45-48H,11-14,18,23,28-35H2,1-5H3/t37?,40?,45?,46-,47?,48?,49?,50?,51?/m1/s1. The molecule has 0 radical (unpaired) electrons. The summed E-state index contributed by atoms with van der Waals surface area (Å²) in [6.45, 7) is 12.9. The van der Waals surface area contributed by atoms with Crippen LogP contribution in [0.4, 0.5) is 0 Å². The fourth-order valence-electron chi connectivity index (χ4n) is 13.1. The zero-order valence-electron chi connectivity index (χ0n) is 33.5. The fourth-order valence-corrected chi connectivity index (χ4v) is 13.1. The van der Waals surface area contributed by atoms with Gasteiger partial charge in [-0.3, -0.25) is 0 Å². The Kier molecular flexibility index (Phi) is 10.5. The lowest BCUT2D eigenvalue weighted by molar-refractivity contribution is -0.122. The third-order valence-corrected chi connectivity index (χ3v) is 16.0. The molecule has 0 spiro atoms. The second-order valence-electron chi connectivity index (χ2n) is 19.1. The monoisotopic (exact) mass is 711 g/mol. The molecule has 3 aromatic carbocycles. The van der Waals surface area contributed by atoms with Crippen LogP contribution in [0.1, 0.15) is 136 Å². The number of ether oxygens (including phenoxy) is 2. The SMILES string of the molecule is CC(C)CCCC(C)[C@H]1CCC2C3CCC4CC(c5ccc(OC6=CC=CCC6)cc5)(c5ccc(Oc6ccccc6)cc5)CCC4(C)C3CCC21C. The molecule has 2 heteroatoms. The molecule has 0 bridgehead atoms. The summed E-state index contributed by atoms with van der Waals surface area (Å²) in [6, 6.07) is 28.6. The van der Waals surface area contributed by atoms with E-state index in [1.165, 1.54) is 88.2 Å². The number of allylic oxidation sites excluding steroid dienone is 4. The van der Waals surface area contributed by atoms with E-state index in [1.807, 2.05) is 30.3 Å². The van der Waals surface area contributed by atoms with Gasteiger partial charge in [0, 0.05) is 11.8 Å². The van der Waals surface area contributed by atoms with Gasteiger partial charge in [-0.1, -0.05) is 108 Å². The van der Waals surface area contributed by atoms with E-state index in [0.29, 0.717) is 10.8 Å². The lowest BCUT2D eigenvalue weighted by atomic mass is 9.42. The highest BCUT2D eigenvalue weighted by Crippen LogP contribution is 2.70. The number of fused-ring (bicyclic) bond motifs is 5. The highest BCUT2D eigenvalue weighted by atomic mass is 16.5. The van der Waals surface area contributed by atoms with Gasteiger partial charge in [-0.15, -0.1) is 0 Å². The molecule has 0 amide bonds. The predicted octanol–water partition coefficient (Wildman–Crippen LogP) is 14.5. The van der Waals surface area contributed by atoms with E-state index in [1.54, 1.807) is 0 Å². The average Bonchev–Trinajstić information content (AvgIpc) is 3.53. The van der Waals surface area contributed by atoms with Crippen molar-refractivity contribution in [2.75, 3.05) is 0 Å².